The number of anilines is 1. The van der Waals surface area contributed by atoms with Gasteiger partial charge in [0.15, 0.2) is 5.82 Å². The summed E-state index contributed by atoms with van der Waals surface area (Å²) < 4.78 is 0. The molecule has 2 aromatic rings. The lowest BCUT2D eigenvalue weighted by atomic mass is 10.1. The van der Waals surface area contributed by atoms with Crippen molar-refractivity contribution in [3.8, 4) is 0 Å². The summed E-state index contributed by atoms with van der Waals surface area (Å²) in [7, 11) is 0. The van der Waals surface area contributed by atoms with E-state index in [1.54, 1.807) is 13.8 Å². The van der Waals surface area contributed by atoms with Gasteiger partial charge in [0.2, 0.25) is 0 Å². The number of aromatic nitrogens is 3. The number of carbonyl (C=O) groups excluding carboxylic acids is 1. The van der Waals surface area contributed by atoms with Crippen LogP contribution in [0.25, 0.3) is 0 Å². The Bertz CT molecular complexity index is 613. The number of carbonyl (C=O) groups is 1. The van der Waals surface area contributed by atoms with Gasteiger partial charge in [-0.3, -0.25) is 5.10 Å². The number of aromatic amines is 1. The van der Waals surface area contributed by atoms with Gasteiger partial charge in [0, 0.05) is 5.69 Å². The first-order valence-corrected chi connectivity index (χ1v) is 6.60. The quantitative estimate of drug-likeness (QED) is 0.687. The van der Waals surface area contributed by atoms with E-state index in [2.05, 4.69) is 25.8 Å². The third-order valence-corrected chi connectivity index (χ3v) is 2.80. The number of aryl methyl sites for hydroxylation is 1. The van der Waals surface area contributed by atoms with Crippen molar-refractivity contribution < 1.29 is 9.90 Å². The highest BCUT2D eigenvalue weighted by Gasteiger charge is 2.21. The van der Waals surface area contributed by atoms with Gasteiger partial charge in [-0.25, -0.2) is 9.78 Å². The molecule has 4 N–H and O–H groups in total. The number of nitrogens with one attached hydrogen (secondary N) is 3. The van der Waals surface area contributed by atoms with Gasteiger partial charge in [-0.15, -0.1) is 0 Å². The van der Waals surface area contributed by atoms with Gasteiger partial charge < -0.3 is 15.7 Å². The lowest BCUT2D eigenvalue weighted by Gasteiger charge is -2.10. The first kappa shape index (κ1) is 15.0. The monoisotopic (exact) mass is 289 g/mol. The topological polar surface area (TPSA) is 103 Å². The van der Waals surface area contributed by atoms with E-state index in [0.717, 1.165) is 5.56 Å². The zero-order valence-electron chi connectivity index (χ0n) is 12.3. The van der Waals surface area contributed by atoms with Crippen molar-refractivity contribution in [1.82, 2.24) is 20.5 Å². The number of aliphatic hydroxyl groups is 1. The number of nitrogens with zero attached hydrogens (tertiary/aromatic N) is 2. The predicted molar refractivity (Wildman–Crippen MR) is 78.7 cm³/mol. The molecule has 0 bridgehead atoms. The van der Waals surface area contributed by atoms with E-state index < -0.39 is 5.60 Å². The van der Waals surface area contributed by atoms with E-state index >= 15 is 0 Å². The first-order chi connectivity index (χ1) is 9.84. The molecule has 1 aromatic heterocycles. The lowest BCUT2D eigenvalue weighted by Crippen LogP contribution is -2.28. The molecule has 2 rings (SSSR count). The molecule has 0 aliphatic rings. The van der Waals surface area contributed by atoms with Gasteiger partial charge in [-0.2, -0.15) is 5.10 Å². The molecule has 21 heavy (non-hydrogen) atoms. The van der Waals surface area contributed by atoms with Crippen LogP contribution in [0.4, 0.5) is 10.5 Å². The Morgan fingerprint density at radius 2 is 2.00 bits per heavy atom. The summed E-state index contributed by atoms with van der Waals surface area (Å²) in [4.78, 5) is 15.9. The summed E-state index contributed by atoms with van der Waals surface area (Å²) in [5.74, 6) is 0.768. The van der Waals surface area contributed by atoms with Crippen LogP contribution in [0.3, 0.4) is 0 Å². The summed E-state index contributed by atoms with van der Waals surface area (Å²) in [6, 6.07) is 7.16. The first-order valence-electron chi connectivity index (χ1n) is 6.60. The average Bonchev–Trinajstić information content (AvgIpc) is 2.88. The SMILES string of the molecule is Cc1ccc(NC(=O)NCc2nc(C(C)(C)O)n[nH]2)cc1. The Labute approximate surface area is 122 Å². The number of hydrogen-bond donors (Lipinski definition) is 4. The van der Waals surface area contributed by atoms with Crippen LogP contribution in [-0.4, -0.2) is 26.3 Å². The minimum atomic E-state index is -1.11. The van der Waals surface area contributed by atoms with Crippen molar-refractivity contribution in [2.24, 2.45) is 0 Å². The molecule has 7 nitrogen and oxygen atoms in total. The summed E-state index contributed by atoms with van der Waals surface area (Å²) in [5.41, 5.74) is 0.730. The number of urea groups is 1. The molecule has 0 fully saturated rings. The van der Waals surface area contributed by atoms with Crippen LogP contribution in [0.1, 0.15) is 31.1 Å². The molecule has 0 aliphatic heterocycles. The minimum Gasteiger partial charge on any atom is -0.382 e. The maximum Gasteiger partial charge on any atom is 0.319 e. The van der Waals surface area contributed by atoms with Crippen molar-refractivity contribution in [3.05, 3.63) is 41.5 Å². The molecule has 0 unspecified atom stereocenters. The van der Waals surface area contributed by atoms with Crippen molar-refractivity contribution in [3.63, 3.8) is 0 Å². The molecule has 0 aliphatic carbocycles. The van der Waals surface area contributed by atoms with Gasteiger partial charge in [0.05, 0.1) is 6.54 Å². The van der Waals surface area contributed by atoms with Gasteiger partial charge in [-0.1, -0.05) is 17.7 Å². The van der Waals surface area contributed by atoms with Gasteiger partial charge in [0.25, 0.3) is 0 Å². The Hall–Kier alpha value is -2.41. The second-order valence-electron chi connectivity index (χ2n) is 5.34. The van der Waals surface area contributed by atoms with Gasteiger partial charge in [-0.05, 0) is 32.9 Å². The van der Waals surface area contributed by atoms with Crippen LogP contribution in [0.15, 0.2) is 24.3 Å². The molecule has 2 amide bonds. The van der Waals surface area contributed by atoms with Crippen molar-refractivity contribution in [2.45, 2.75) is 32.9 Å². The van der Waals surface area contributed by atoms with Crippen LogP contribution in [0.5, 0.6) is 0 Å². The molecule has 1 heterocycles. The minimum absolute atomic E-state index is 0.195. The molecular formula is C14H19N5O2. The highest BCUT2D eigenvalue weighted by atomic mass is 16.3. The van der Waals surface area contributed by atoms with E-state index in [1.807, 2.05) is 31.2 Å². The molecule has 112 valence electrons. The third-order valence-electron chi connectivity index (χ3n) is 2.80. The number of amides is 2. The van der Waals surface area contributed by atoms with Crippen LogP contribution < -0.4 is 10.6 Å². The zero-order chi connectivity index (χ0) is 15.5. The Morgan fingerprint density at radius 1 is 1.33 bits per heavy atom. The molecule has 0 atom stereocenters. The fraction of sp³-hybridized carbons (Fsp3) is 0.357. The van der Waals surface area contributed by atoms with Gasteiger partial charge in [0.1, 0.15) is 11.4 Å². The standard InChI is InChI=1S/C14H19N5O2/c1-9-4-6-10(7-5-9)16-13(20)15-8-11-17-12(19-18-11)14(2,3)21/h4-7,21H,8H2,1-3H3,(H2,15,16,20)(H,17,18,19). The molecular weight excluding hydrogens is 270 g/mol. The third kappa shape index (κ3) is 4.28. The smallest absolute Gasteiger partial charge is 0.319 e. The lowest BCUT2D eigenvalue weighted by molar-refractivity contribution is 0.0690. The van der Waals surface area contributed by atoms with Crippen molar-refractivity contribution >= 4 is 11.7 Å². The van der Waals surface area contributed by atoms with E-state index in [1.165, 1.54) is 0 Å². The van der Waals surface area contributed by atoms with E-state index in [-0.39, 0.29) is 12.6 Å². The summed E-state index contributed by atoms with van der Waals surface area (Å²) in [5, 5.41) is 21.7. The summed E-state index contributed by atoms with van der Waals surface area (Å²) >= 11 is 0. The van der Waals surface area contributed by atoms with Crippen LogP contribution in [0.2, 0.25) is 0 Å². The maximum atomic E-state index is 11.7. The van der Waals surface area contributed by atoms with Crippen LogP contribution >= 0.6 is 0 Å². The molecule has 0 radical (unpaired) electrons. The Balaban J connectivity index is 1.86. The van der Waals surface area contributed by atoms with E-state index in [0.29, 0.717) is 17.3 Å². The maximum absolute atomic E-state index is 11.7. The van der Waals surface area contributed by atoms with Gasteiger partial charge >= 0.3 is 6.03 Å². The molecule has 0 spiro atoms. The number of hydrogen-bond acceptors (Lipinski definition) is 4. The van der Waals surface area contributed by atoms with Crippen LogP contribution in [0, 0.1) is 6.92 Å². The van der Waals surface area contributed by atoms with Crippen LogP contribution in [-0.2, 0) is 12.1 Å². The number of rotatable bonds is 4. The number of H-pyrrole nitrogens is 1. The Morgan fingerprint density at radius 3 is 2.57 bits per heavy atom. The molecule has 0 saturated carbocycles. The number of benzene rings is 1. The normalized spacial score (nSPS) is 11.2. The Kier molecular flexibility index (Phi) is 4.23. The van der Waals surface area contributed by atoms with Crippen molar-refractivity contribution in [1.29, 1.82) is 0 Å². The predicted octanol–water partition coefficient (Wildman–Crippen LogP) is 1.66. The van der Waals surface area contributed by atoms with E-state index in [9.17, 15) is 9.90 Å². The van der Waals surface area contributed by atoms with Crippen molar-refractivity contribution in [2.75, 3.05) is 5.32 Å². The largest absolute Gasteiger partial charge is 0.382 e. The highest BCUT2D eigenvalue weighted by molar-refractivity contribution is 5.89. The second kappa shape index (κ2) is 5.92. The van der Waals surface area contributed by atoms with E-state index in [4.69, 9.17) is 0 Å². The summed E-state index contributed by atoms with van der Waals surface area (Å²) in [6.07, 6.45) is 0. The molecule has 0 saturated heterocycles. The zero-order valence-corrected chi connectivity index (χ0v) is 12.3. The average molecular weight is 289 g/mol. The summed E-state index contributed by atoms with van der Waals surface area (Å²) in [6.45, 7) is 5.36. The highest BCUT2D eigenvalue weighted by Crippen LogP contribution is 2.14. The fourth-order valence-electron chi connectivity index (χ4n) is 1.62. The fourth-order valence-corrected chi connectivity index (χ4v) is 1.62. The molecule has 1 aromatic carbocycles. The molecule has 7 heteroatoms. The second-order valence-corrected chi connectivity index (χ2v) is 5.34.